The number of nitrogens with one attached hydrogen (secondary N) is 1. The molecule has 0 spiro atoms. The fourth-order valence-corrected chi connectivity index (χ4v) is 4.71. The Morgan fingerprint density at radius 2 is 1.66 bits per heavy atom. The highest BCUT2D eigenvalue weighted by molar-refractivity contribution is 9.10. The highest BCUT2D eigenvalue weighted by atomic mass is 79.9. The van der Waals surface area contributed by atoms with Gasteiger partial charge in [-0.2, -0.15) is 0 Å². The molecular weight excluding hydrogens is 564 g/mol. The van der Waals surface area contributed by atoms with Crippen LogP contribution in [0.4, 0.5) is 0 Å². The van der Waals surface area contributed by atoms with Crippen LogP contribution in [0.15, 0.2) is 77.3 Å². The predicted octanol–water partition coefficient (Wildman–Crippen LogP) is 7.02. The number of hydrogen-bond acceptors (Lipinski definition) is 3. The summed E-state index contributed by atoms with van der Waals surface area (Å²) in [6.45, 7) is 8.80. The van der Waals surface area contributed by atoms with Crippen LogP contribution >= 0.6 is 27.5 Å². The van der Waals surface area contributed by atoms with Crippen molar-refractivity contribution in [3.05, 3.63) is 99.0 Å². The summed E-state index contributed by atoms with van der Waals surface area (Å²) in [5.41, 5.74) is 2.89. The fraction of sp³-hybridized carbons (Fsp3) is 0.355. The molecule has 0 radical (unpaired) electrons. The maximum atomic E-state index is 13.8. The summed E-state index contributed by atoms with van der Waals surface area (Å²) in [5.74, 6) is 0.717. The summed E-state index contributed by atoms with van der Waals surface area (Å²) in [7, 11) is 0. The van der Waals surface area contributed by atoms with Crippen LogP contribution in [-0.2, 0) is 22.6 Å². The molecule has 7 heteroatoms. The third-order valence-electron chi connectivity index (χ3n) is 6.23. The van der Waals surface area contributed by atoms with E-state index in [9.17, 15) is 9.59 Å². The number of amides is 2. The smallest absolute Gasteiger partial charge is 0.261 e. The quantitative estimate of drug-likeness (QED) is 0.243. The van der Waals surface area contributed by atoms with Crippen molar-refractivity contribution in [3.8, 4) is 5.75 Å². The minimum atomic E-state index is -0.740. The first kappa shape index (κ1) is 29.7. The molecule has 1 N–H and O–H groups in total. The fourth-order valence-electron chi connectivity index (χ4n) is 4.00. The molecule has 38 heavy (non-hydrogen) atoms. The molecule has 0 aliphatic heterocycles. The Hall–Kier alpha value is -2.83. The van der Waals surface area contributed by atoms with Gasteiger partial charge < -0.3 is 15.0 Å². The number of carbonyl (C=O) groups excluding carboxylic acids is 2. The summed E-state index contributed by atoms with van der Waals surface area (Å²) in [4.78, 5) is 28.9. The first-order valence-corrected chi connectivity index (χ1v) is 14.1. The minimum Gasteiger partial charge on any atom is -0.483 e. The van der Waals surface area contributed by atoms with Crippen molar-refractivity contribution >= 4 is 39.3 Å². The van der Waals surface area contributed by atoms with Gasteiger partial charge in [0, 0.05) is 24.5 Å². The van der Waals surface area contributed by atoms with Crippen LogP contribution in [0.3, 0.4) is 0 Å². The number of nitrogens with zero attached hydrogens (tertiary/aromatic N) is 1. The second-order valence-electron chi connectivity index (χ2n) is 10.1. The van der Waals surface area contributed by atoms with E-state index in [-0.39, 0.29) is 30.9 Å². The van der Waals surface area contributed by atoms with Crippen molar-refractivity contribution in [1.29, 1.82) is 0 Å². The summed E-state index contributed by atoms with van der Waals surface area (Å²) >= 11 is 10.0. The summed E-state index contributed by atoms with van der Waals surface area (Å²) < 4.78 is 6.74. The van der Waals surface area contributed by atoms with E-state index in [1.807, 2.05) is 80.6 Å². The van der Waals surface area contributed by atoms with E-state index in [1.54, 1.807) is 11.0 Å². The third-order valence-corrected chi connectivity index (χ3v) is 7.22. The minimum absolute atomic E-state index is 0.182. The highest BCUT2D eigenvalue weighted by Crippen LogP contribution is 2.29. The number of halogens is 2. The van der Waals surface area contributed by atoms with E-state index in [0.29, 0.717) is 29.7 Å². The molecule has 0 fully saturated rings. The molecule has 0 unspecified atom stereocenters. The van der Waals surface area contributed by atoms with Gasteiger partial charge in [-0.05, 0) is 62.7 Å². The SMILES string of the molecule is CC(C)CNC(=O)[C@@H](Cc1ccccc1)N(Cc1ccccc1Cl)C(=O)COc1ccc(C(C)C)cc1Br. The van der Waals surface area contributed by atoms with Gasteiger partial charge in [-0.25, -0.2) is 0 Å². The van der Waals surface area contributed by atoms with E-state index >= 15 is 0 Å². The van der Waals surface area contributed by atoms with Crippen molar-refractivity contribution in [3.63, 3.8) is 0 Å². The van der Waals surface area contributed by atoms with E-state index < -0.39 is 6.04 Å². The Kier molecular flexibility index (Phi) is 11.2. The van der Waals surface area contributed by atoms with Gasteiger partial charge in [0.15, 0.2) is 6.61 Å². The molecule has 0 saturated heterocycles. The Balaban J connectivity index is 1.91. The lowest BCUT2D eigenvalue weighted by Crippen LogP contribution is -2.52. The Labute approximate surface area is 239 Å². The summed E-state index contributed by atoms with van der Waals surface area (Å²) in [5, 5.41) is 3.56. The number of rotatable bonds is 12. The molecule has 3 aromatic rings. The first-order chi connectivity index (χ1) is 18.2. The Morgan fingerprint density at radius 1 is 0.974 bits per heavy atom. The van der Waals surface area contributed by atoms with Crippen LogP contribution in [0.1, 0.15) is 50.3 Å². The average molecular weight is 600 g/mol. The molecule has 0 bridgehead atoms. The van der Waals surface area contributed by atoms with E-state index in [4.69, 9.17) is 16.3 Å². The van der Waals surface area contributed by atoms with Gasteiger partial charge in [0.1, 0.15) is 11.8 Å². The second-order valence-corrected chi connectivity index (χ2v) is 11.4. The number of hydrogen-bond donors (Lipinski definition) is 1. The van der Waals surface area contributed by atoms with Gasteiger partial charge in [0.25, 0.3) is 5.91 Å². The van der Waals surface area contributed by atoms with E-state index in [2.05, 4.69) is 35.1 Å². The van der Waals surface area contributed by atoms with Gasteiger partial charge >= 0.3 is 0 Å². The van der Waals surface area contributed by atoms with E-state index in [1.165, 1.54) is 5.56 Å². The zero-order chi connectivity index (χ0) is 27.7. The van der Waals surface area contributed by atoms with E-state index in [0.717, 1.165) is 15.6 Å². The number of carbonyl (C=O) groups is 2. The first-order valence-electron chi connectivity index (χ1n) is 12.9. The average Bonchev–Trinajstić information content (AvgIpc) is 2.89. The topological polar surface area (TPSA) is 58.6 Å². The van der Waals surface area contributed by atoms with Gasteiger partial charge in [-0.3, -0.25) is 9.59 Å². The van der Waals surface area contributed by atoms with Crippen LogP contribution in [-0.4, -0.2) is 35.9 Å². The van der Waals surface area contributed by atoms with Crippen molar-refractivity contribution in [2.45, 2.75) is 52.6 Å². The van der Waals surface area contributed by atoms with Gasteiger partial charge in [0.05, 0.1) is 4.47 Å². The molecule has 5 nitrogen and oxygen atoms in total. The predicted molar refractivity (Wildman–Crippen MR) is 158 cm³/mol. The molecule has 0 heterocycles. The van der Waals surface area contributed by atoms with Crippen LogP contribution in [0.5, 0.6) is 5.75 Å². The molecule has 2 amide bonds. The van der Waals surface area contributed by atoms with Crippen molar-refractivity contribution in [1.82, 2.24) is 10.2 Å². The third kappa shape index (κ3) is 8.60. The molecule has 1 atom stereocenters. The van der Waals surface area contributed by atoms with Gasteiger partial charge in [-0.15, -0.1) is 0 Å². The maximum Gasteiger partial charge on any atom is 0.261 e. The van der Waals surface area contributed by atoms with Crippen molar-refractivity contribution < 1.29 is 14.3 Å². The van der Waals surface area contributed by atoms with Crippen LogP contribution < -0.4 is 10.1 Å². The monoisotopic (exact) mass is 598 g/mol. The molecule has 0 saturated carbocycles. The number of ether oxygens (including phenoxy) is 1. The zero-order valence-corrected chi connectivity index (χ0v) is 24.8. The van der Waals surface area contributed by atoms with Crippen LogP contribution in [0, 0.1) is 5.92 Å². The normalized spacial score (nSPS) is 11.9. The zero-order valence-electron chi connectivity index (χ0n) is 22.4. The molecule has 3 aromatic carbocycles. The molecule has 202 valence electrons. The largest absolute Gasteiger partial charge is 0.483 e. The van der Waals surface area contributed by atoms with Crippen LogP contribution in [0.25, 0.3) is 0 Å². The molecule has 0 aliphatic carbocycles. The molecule has 0 aromatic heterocycles. The molecule has 3 rings (SSSR count). The number of benzene rings is 3. The lowest BCUT2D eigenvalue weighted by atomic mass is 10.0. The maximum absolute atomic E-state index is 13.8. The molecular formula is C31H36BrClN2O3. The molecule has 0 aliphatic rings. The van der Waals surface area contributed by atoms with Gasteiger partial charge in [-0.1, -0.05) is 93.9 Å². The van der Waals surface area contributed by atoms with Crippen LogP contribution in [0.2, 0.25) is 5.02 Å². The lowest BCUT2D eigenvalue weighted by molar-refractivity contribution is -0.142. The summed E-state index contributed by atoms with van der Waals surface area (Å²) in [6.07, 6.45) is 0.369. The second kappa shape index (κ2) is 14.4. The summed E-state index contributed by atoms with van der Waals surface area (Å²) in [6, 6.07) is 22.2. The van der Waals surface area contributed by atoms with Crippen molar-refractivity contribution in [2.75, 3.05) is 13.2 Å². The van der Waals surface area contributed by atoms with Gasteiger partial charge in [0.2, 0.25) is 5.91 Å². The highest BCUT2D eigenvalue weighted by Gasteiger charge is 2.31. The lowest BCUT2D eigenvalue weighted by Gasteiger charge is -2.32. The Bertz CT molecular complexity index is 1220. The Morgan fingerprint density at radius 3 is 2.29 bits per heavy atom. The van der Waals surface area contributed by atoms with Crippen molar-refractivity contribution in [2.24, 2.45) is 5.92 Å². The standard InChI is InChI=1S/C31H36BrClN2O3/c1-21(2)18-34-31(37)28(16-23-10-6-5-7-11-23)35(19-25-12-8-9-13-27(25)33)30(36)20-38-29-15-14-24(22(3)4)17-26(29)32/h5-15,17,21-22,28H,16,18-20H2,1-4H3,(H,34,37)/t28-/m1/s1.